The summed E-state index contributed by atoms with van der Waals surface area (Å²) in [5.41, 5.74) is 3.32. The third-order valence-electron chi connectivity index (χ3n) is 3.21. The highest BCUT2D eigenvalue weighted by molar-refractivity contribution is 5.63. The van der Waals surface area contributed by atoms with E-state index in [4.69, 9.17) is 9.84 Å². The molecular formula is C16H23N3O. The Hall–Kier alpha value is -1.81. The Bertz CT molecular complexity index is 564. The molecule has 0 bridgehead atoms. The average molecular weight is 273 g/mol. The van der Waals surface area contributed by atoms with E-state index in [9.17, 15) is 0 Å². The van der Waals surface area contributed by atoms with Crippen molar-refractivity contribution < 1.29 is 4.74 Å². The largest absolute Gasteiger partial charge is 0.497 e. The van der Waals surface area contributed by atoms with Gasteiger partial charge >= 0.3 is 0 Å². The maximum absolute atomic E-state index is 5.20. The summed E-state index contributed by atoms with van der Waals surface area (Å²) >= 11 is 0. The van der Waals surface area contributed by atoms with Crippen LogP contribution in [0.5, 0.6) is 5.75 Å². The summed E-state index contributed by atoms with van der Waals surface area (Å²) < 4.78 is 7.23. The van der Waals surface area contributed by atoms with E-state index in [1.165, 1.54) is 5.56 Å². The number of benzene rings is 1. The summed E-state index contributed by atoms with van der Waals surface area (Å²) in [6, 6.07) is 8.03. The SMILES string of the molecule is CNCc1cn(C(C)(C)C)nc1-c1ccc(OC)cc1. The minimum absolute atomic E-state index is 0.0206. The molecule has 1 aromatic heterocycles. The minimum atomic E-state index is -0.0206. The van der Waals surface area contributed by atoms with E-state index in [2.05, 4.69) is 32.3 Å². The zero-order valence-corrected chi connectivity index (χ0v) is 12.9. The van der Waals surface area contributed by atoms with E-state index in [0.29, 0.717) is 0 Å². The van der Waals surface area contributed by atoms with Crippen LogP contribution in [0.25, 0.3) is 11.3 Å². The normalized spacial score (nSPS) is 11.7. The molecule has 0 amide bonds. The number of nitrogens with zero attached hydrogens (tertiary/aromatic N) is 2. The van der Waals surface area contributed by atoms with Gasteiger partial charge in [0, 0.05) is 23.9 Å². The maximum Gasteiger partial charge on any atom is 0.118 e. The molecule has 1 heterocycles. The number of aromatic nitrogens is 2. The fraction of sp³-hybridized carbons (Fsp3) is 0.438. The molecule has 1 aromatic carbocycles. The lowest BCUT2D eigenvalue weighted by molar-refractivity contribution is 0.356. The zero-order chi connectivity index (χ0) is 14.8. The molecule has 0 aliphatic heterocycles. The Morgan fingerprint density at radius 3 is 2.35 bits per heavy atom. The van der Waals surface area contributed by atoms with Gasteiger partial charge in [-0.15, -0.1) is 0 Å². The maximum atomic E-state index is 5.20. The van der Waals surface area contributed by atoms with Gasteiger partial charge in [0.2, 0.25) is 0 Å². The number of rotatable bonds is 4. The lowest BCUT2D eigenvalue weighted by atomic mass is 10.1. The van der Waals surface area contributed by atoms with E-state index in [1.54, 1.807) is 7.11 Å². The molecule has 0 atom stereocenters. The Morgan fingerprint density at radius 1 is 1.20 bits per heavy atom. The molecule has 0 saturated carbocycles. The van der Waals surface area contributed by atoms with Crippen molar-refractivity contribution in [2.75, 3.05) is 14.2 Å². The average Bonchev–Trinajstić information content (AvgIpc) is 2.83. The number of nitrogens with one attached hydrogen (secondary N) is 1. The van der Waals surface area contributed by atoms with Gasteiger partial charge in [0.25, 0.3) is 0 Å². The monoisotopic (exact) mass is 273 g/mol. The molecule has 4 heteroatoms. The smallest absolute Gasteiger partial charge is 0.118 e. The van der Waals surface area contributed by atoms with Crippen molar-refractivity contribution in [3.8, 4) is 17.0 Å². The predicted octanol–water partition coefficient (Wildman–Crippen LogP) is 3.03. The molecule has 0 radical (unpaired) electrons. The lowest BCUT2D eigenvalue weighted by Crippen LogP contribution is -2.22. The Kier molecular flexibility index (Phi) is 4.14. The molecule has 1 N–H and O–H groups in total. The van der Waals surface area contributed by atoms with Crippen LogP contribution in [0.15, 0.2) is 30.5 Å². The van der Waals surface area contributed by atoms with E-state index >= 15 is 0 Å². The first-order valence-electron chi connectivity index (χ1n) is 6.83. The molecule has 108 valence electrons. The van der Waals surface area contributed by atoms with Crippen molar-refractivity contribution in [3.05, 3.63) is 36.0 Å². The van der Waals surface area contributed by atoms with Gasteiger partial charge in [0.05, 0.1) is 18.3 Å². The first-order valence-corrected chi connectivity index (χ1v) is 6.83. The summed E-state index contributed by atoms with van der Waals surface area (Å²) in [5.74, 6) is 0.860. The summed E-state index contributed by atoms with van der Waals surface area (Å²) in [5, 5.41) is 7.97. The molecule has 4 nitrogen and oxygen atoms in total. The zero-order valence-electron chi connectivity index (χ0n) is 12.9. The number of ether oxygens (including phenoxy) is 1. The van der Waals surface area contributed by atoms with Gasteiger partial charge in [-0.3, -0.25) is 4.68 Å². The second-order valence-corrected chi connectivity index (χ2v) is 5.88. The van der Waals surface area contributed by atoms with Crippen molar-refractivity contribution in [1.29, 1.82) is 0 Å². The van der Waals surface area contributed by atoms with Crippen molar-refractivity contribution in [1.82, 2.24) is 15.1 Å². The van der Waals surface area contributed by atoms with Crippen LogP contribution in [-0.4, -0.2) is 23.9 Å². The topological polar surface area (TPSA) is 39.1 Å². The van der Waals surface area contributed by atoms with Crippen molar-refractivity contribution >= 4 is 0 Å². The van der Waals surface area contributed by atoms with Gasteiger partial charge in [-0.25, -0.2) is 0 Å². The van der Waals surface area contributed by atoms with Gasteiger partial charge < -0.3 is 10.1 Å². The van der Waals surface area contributed by atoms with Crippen molar-refractivity contribution in [2.24, 2.45) is 0 Å². The Labute approximate surface area is 120 Å². The first kappa shape index (κ1) is 14.6. The van der Waals surface area contributed by atoms with Crippen LogP contribution >= 0.6 is 0 Å². The lowest BCUT2D eigenvalue weighted by Gasteiger charge is -2.18. The fourth-order valence-electron chi connectivity index (χ4n) is 2.07. The van der Waals surface area contributed by atoms with Crippen LogP contribution in [0.3, 0.4) is 0 Å². The van der Waals surface area contributed by atoms with Crippen LogP contribution in [0.2, 0.25) is 0 Å². The van der Waals surface area contributed by atoms with Crippen molar-refractivity contribution in [3.63, 3.8) is 0 Å². The third kappa shape index (κ3) is 3.02. The van der Waals surface area contributed by atoms with E-state index in [-0.39, 0.29) is 5.54 Å². The standard InChI is InChI=1S/C16H23N3O/c1-16(2,3)19-11-13(10-17-4)15(18-19)12-6-8-14(20-5)9-7-12/h6-9,11,17H,10H2,1-5H3. The molecule has 20 heavy (non-hydrogen) atoms. The Balaban J connectivity index is 2.44. The van der Waals surface area contributed by atoms with Crippen LogP contribution in [-0.2, 0) is 12.1 Å². The molecule has 0 unspecified atom stereocenters. The second-order valence-electron chi connectivity index (χ2n) is 5.88. The molecule has 0 aliphatic rings. The van der Waals surface area contributed by atoms with E-state index in [0.717, 1.165) is 23.6 Å². The quantitative estimate of drug-likeness (QED) is 0.930. The van der Waals surface area contributed by atoms with Crippen LogP contribution in [0.1, 0.15) is 26.3 Å². The molecule has 0 spiro atoms. The van der Waals surface area contributed by atoms with Gasteiger partial charge in [-0.2, -0.15) is 5.10 Å². The van der Waals surface area contributed by atoms with Crippen molar-refractivity contribution in [2.45, 2.75) is 32.9 Å². The van der Waals surface area contributed by atoms with Gasteiger partial charge in [-0.1, -0.05) is 0 Å². The second kappa shape index (κ2) is 5.67. The Morgan fingerprint density at radius 2 is 1.85 bits per heavy atom. The van der Waals surface area contributed by atoms with Gasteiger partial charge in [-0.05, 0) is 52.1 Å². The number of hydrogen-bond donors (Lipinski definition) is 1. The number of hydrogen-bond acceptors (Lipinski definition) is 3. The highest BCUT2D eigenvalue weighted by atomic mass is 16.5. The molecule has 0 fully saturated rings. The van der Waals surface area contributed by atoms with E-state index < -0.39 is 0 Å². The summed E-state index contributed by atoms with van der Waals surface area (Å²) in [7, 11) is 3.63. The first-order chi connectivity index (χ1) is 9.45. The summed E-state index contributed by atoms with van der Waals surface area (Å²) in [6.07, 6.45) is 2.12. The van der Waals surface area contributed by atoms with Crippen LogP contribution in [0.4, 0.5) is 0 Å². The summed E-state index contributed by atoms with van der Waals surface area (Å²) in [6.45, 7) is 7.26. The van der Waals surface area contributed by atoms with Crippen LogP contribution < -0.4 is 10.1 Å². The molecule has 0 aliphatic carbocycles. The van der Waals surface area contributed by atoms with Crippen LogP contribution in [0, 0.1) is 0 Å². The van der Waals surface area contributed by atoms with Gasteiger partial charge in [0.15, 0.2) is 0 Å². The molecule has 2 rings (SSSR count). The summed E-state index contributed by atoms with van der Waals surface area (Å²) in [4.78, 5) is 0. The molecular weight excluding hydrogens is 250 g/mol. The predicted molar refractivity (Wildman–Crippen MR) is 82.0 cm³/mol. The number of methoxy groups -OCH3 is 1. The van der Waals surface area contributed by atoms with Gasteiger partial charge in [0.1, 0.15) is 5.75 Å². The molecule has 2 aromatic rings. The molecule has 0 saturated heterocycles. The highest BCUT2D eigenvalue weighted by Gasteiger charge is 2.18. The van der Waals surface area contributed by atoms with E-state index in [1.807, 2.05) is 36.0 Å². The highest BCUT2D eigenvalue weighted by Crippen LogP contribution is 2.26. The fourth-order valence-corrected chi connectivity index (χ4v) is 2.07. The third-order valence-corrected chi connectivity index (χ3v) is 3.21. The minimum Gasteiger partial charge on any atom is -0.497 e.